The van der Waals surface area contributed by atoms with Gasteiger partial charge < -0.3 is 30.1 Å². The quantitative estimate of drug-likeness (QED) is 0.545. The first-order valence-corrected chi connectivity index (χ1v) is 12.2. The van der Waals surface area contributed by atoms with Crippen molar-refractivity contribution in [2.24, 2.45) is 17.8 Å². The molecule has 1 spiro atoms. The molecular formula is C27H31N3O6. The number of likely N-dealkylation sites (tertiary alicyclic amines) is 1. The molecule has 0 radical (unpaired) electrons. The van der Waals surface area contributed by atoms with Gasteiger partial charge in [-0.05, 0) is 55.7 Å². The summed E-state index contributed by atoms with van der Waals surface area (Å²) in [6.45, 7) is 3.52. The van der Waals surface area contributed by atoms with Crippen LogP contribution in [0.3, 0.4) is 0 Å². The number of aliphatic hydroxyl groups excluding tert-OH is 1. The van der Waals surface area contributed by atoms with Crippen molar-refractivity contribution in [3.63, 3.8) is 0 Å². The molecule has 2 bridgehead atoms. The lowest BCUT2D eigenvalue weighted by Crippen LogP contribution is -2.54. The third kappa shape index (κ3) is 3.57. The van der Waals surface area contributed by atoms with Crippen LogP contribution >= 0.6 is 0 Å². The second kappa shape index (κ2) is 8.90. The molecule has 3 heterocycles. The van der Waals surface area contributed by atoms with E-state index in [1.54, 1.807) is 43.5 Å². The zero-order valence-corrected chi connectivity index (χ0v) is 20.6. The Balaban J connectivity index is 1.50. The Kier molecular flexibility index (Phi) is 6.00. The second-order valence-electron chi connectivity index (χ2n) is 10.0. The smallest absolute Gasteiger partial charge is 0.250 e. The van der Waals surface area contributed by atoms with Crippen LogP contribution in [0.15, 0.2) is 54.6 Å². The molecule has 6 atom stereocenters. The predicted molar refractivity (Wildman–Crippen MR) is 132 cm³/mol. The Morgan fingerprint density at radius 1 is 1.08 bits per heavy atom. The number of fused-ring (bicyclic) bond motifs is 1. The third-order valence-corrected chi connectivity index (χ3v) is 8.09. The highest BCUT2D eigenvalue weighted by Crippen LogP contribution is 2.65. The second-order valence-corrected chi connectivity index (χ2v) is 10.0. The van der Waals surface area contributed by atoms with E-state index in [-0.39, 0.29) is 30.9 Å². The van der Waals surface area contributed by atoms with E-state index >= 15 is 0 Å². The normalized spacial score (nSPS) is 32.3. The molecule has 3 N–H and O–H groups in total. The summed E-state index contributed by atoms with van der Waals surface area (Å²) >= 11 is 0. The molecule has 3 fully saturated rings. The number of β-amino-alcohol motifs (C(OH)–C–C–N with tert-alkyl or cyclic N) is 1. The number of amides is 3. The molecule has 3 aliphatic heterocycles. The van der Waals surface area contributed by atoms with Crippen LogP contribution in [0.5, 0.6) is 5.75 Å². The zero-order valence-electron chi connectivity index (χ0n) is 20.6. The van der Waals surface area contributed by atoms with Crippen LogP contribution in [0.25, 0.3) is 0 Å². The molecule has 9 heteroatoms. The minimum atomic E-state index is -1.17. The maximum absolute atomic E-state index is 13.8. The van der Waals surface area contributed by atoms with Crippen LogP contribution in [-0.4, -0.2) is 65.2 Å². The number of rotatable bonds is 7. The molecule has 190 valence electrons. The van der Waals surface area contributed by atoms with E-state index < -0.39 is 35.0 Å². The van der Waals surface area contributed by atoms with Crippen LogP contribution in [0, 0.1) is 17.8 Å². The van der Waals surface area contributed by atoms with Gasteiger partial charge in [-0.15, -0.1) is 0 Å². The number of hydrogen-bond acceptors (Lipinski definition) is 6. The number of ether oxygens (including phenoxy) is 2. The molecule has 9 nitrogen and oxygen atoms in total. The lowest BCUT2D eigenvalue weighted by atomic mass is 9.62. The Hall–Kier alpha value is -3.43. The first-order chi connectivity index (χ1) is 17.2. The molecule has 3 saturated heterocycles. The number of anilines is 2. The first-order valence-electron chi connectivity index (χ1n) is 12.2. The largest absolute Gasteiger partial charge is 0.497 e. The molecule has 3 aliphatic rings. The number of nitrogens with one attached hydrogen (secondary N) is 2. The van der Waals surface area contributed by atoms with Crippen molar-refractivity contribution in [3.8, 4) is 5.75 Å². The number of methoxy groups -OCH3 is 1. The van der Waals surface area contributed by atoms with Gasteiger partial charge >= 0.3 is 0 Å². The summed E-state index contributed by atoms with van der Waals surface area (Å²) in [4.78, 5) is 42.5. The molecule has 3 amide bonds. The van der Waals surface area contributed by atoms with Crippen molar-refractivity contribution in [1.82, 2.24) is 4.90 Å². The average Bonchev–Trinajstić information content (AvgIpc) is 3.37. The first kappa shape index (κ1) is 24.3. The fourth-order valence-electron chi connectivity index (χ4n) is 6.41. The van der Waals surface area contributed by atoms with Crippen LogP contribution in [0.4, 0.5) is 11.4 Å². The van der Waals surface area contributed by atoms with Crippen LogP contribution in [-0.2, 0) is 19.1 Å². The van der Waals surface area contributed by atoms with E-state index in [9.17, 15) is 19.5 Å². The monoisotopic (exact) mass is 493 g/mol. The van der Waals surface area contributed by atoms with Gasteiger partial charge in [-0.25, -0.2) is 0 Å². The summed E-state index contributed by atoms with van der Waals surface area (Å²) in [7, 11) is 1.56. The highest BCUT2D eigenvalue weighted by molar-refractivity contribution is 6.05. The van der Waals surface area contributed by atoms with E-state index in [2.05, 4.69) is 10.6 Å². The topological polar surface area (TPSA) is 117 Å². The molecule has 0 aliphatic carbocycles. The maximum atomic E-state index is 13.8. The SMILES string of the molecule is COc1ccc(NC(=O)C2N(CCO)C(=O)[C@@H]3[C@H](C(=O)Nc4ccccc4)[C@@]4(C)OC23CC4C)cc1. The van der Waals surface area contributed by atoms with Crippen molar-refractivity contribution < 1.29 is 29.0 Å². The van der Waals surface area contributed by atoms with Crippen LogP contribution in [0.2, 0.25) is 0 Å². The van der Waals surface area contributed by atoms with Crippen molar-refractivity contribution in [1.29, 1.82) is 0 Å². The van der Waals surface area contributed by atoms with Gasteiger partial charge in [-0.1, -0.05) is 25.1 Å². The van der Waals surface area contributed by atoms with Gasteiger partial charge in [-0.3, -0.25) is 14.4 Å². The molecule has 3 unspecified atom stereocenters. The van der Waals surface area contributed by atoms with Gasteiger partial charge in [0.15, 0.2) is 0 Å². The van der Waals surface area contributed by atoms with Gasteiger partial charge in [0.2, 0.25) is 17.7 Å². The fourth-order valence-corrected chi connectivity index (χ4v) is 6.41. The summed E-state index contributed by atoms with van der Waals surface area (Å²) in [6.07, 6.45) is 0.456. The lowest BCUT2D eigenvalue weighted by Gasteiger charge is -2.36. The summed E-state index contributed by atoms with van der Waals surface area (Å²) in [5.74, 6) is -2.10. The highest BCUT2D eigenvalue weighted by Gasteiger charge is 2.79. The maximum Gasteiger partial charge on any atom is 0.250 e. The van der Waals surface area contributed by atoms with Crippen molar-refractivity contribution >= 4 is 29.1 Å². The molecule has 0 saturated carbocycles. The number of para-hydroxylation sites is 1. The summed E-state index contributed by atoms with van der Waals surface area (Å²) in [5.41, 5.74) is -0.914. The van der Waals surface area contributed by atoms with E-state index in [0.717, 1.165) is 0 Å². The fraction of sp³-hybridized carbons (Fsp3) is 0.444. The Labute approximate surface area is 209 Å². The summed E-state index contributed by atoms with van der Waals surface area (Å²) < 4.78 is 11.8. The van der Waals surface area contributed by atoms with Gasteiger partial charge in [0.25, 0.3) is 0 Å². The van der Waals surface area contributed by atoms with Crippen LogP contribution < -0.4 is 15.4 Å². The molecule has 36 heavy (non-hydrogen) atoms. The minimum Gasteiger partial charge on any atom is -0.497 e. The van der Waals surface area contributed by atoms with E-state index in [1.807, 2.05) is 32.0 Å². The number of hydrogen-bond donors (Lipinski definition) is 3. The third-order valence-electron chi connectivity index (χ3n) is 8.09. The number of carbonyl (C=O) groups is 3. The molecule has 5 rings (SSSR count). The van der Waals surface area contributed by atoms with Gasteiger partial charge in [0.1, 0.15) is 17.4 Å². The predicted octanol–water partition coefficient (Wildman–Crippen LogP) is 2.28. The Morgan fingerprint density at radius 2 is 1.72 bits per heavy atom. The van der Waals surface area contributed by atoms with Gasteiger partial charge in [-0.2, -0.15) is 0 Å². The standard InChI is InChI=1S/C27H31N3O6/c1-16-15-27-21(20(26(16,2)36-27)23(32)28-17-7-5-4-6-8-17)25(34)30(13-14-31)22(27)24(33)29-18-9-11-19(35-3)12-10-18/h4-12,16,20-22,31H,13-15H2,1-3H3,(H,28,32)(H,29,33)/t16?,20-,21+,22?,26+,27?/m1/s1. The number of nitrogens with zero attached hydrogens (tertiary/aromatic N) is 1. The van der Waals surface area contributed by atoms with Crippen LogP contribution in [0.1, 0.15) is 20.3 Å². The van der Waals surface area contributed by atoms with Crippen molar-refractivity contribution in [2.75, 3.05) is 30.9 Å². The Morgan fingerprint density at radius 3 is 2.36 bits per heavy atom. The Bertz CT molecular complexity index is 1170. The van der Waals surface area contributed by atoms with Crippen molar-refractivity contribution in [2.45, 2.75) is 37.5 Å². The van der Waals surface area contributed by atoms with E-state index in [1.165, 1.54) is 4.90 Å². The molecule has 2 aromatic carbocycles. The molecule has 0 aromatic heterocycles. The number of aliphatic hydroxyl groups is 1. The van der Waals surface area contributed by atoms with Gasteiger partial charge in [0, 0.05) is 17.9 Å². The number of benzene rings is 2. The lowest BCUT2D eigenvalue weighted by molar-refractivity contribution is -0.144. The molecular weight excluding hydrogens is 462 g/mol. The highest BCUT2D eigenvalue weighted by atomic mass is 16.5. The zero-order chi connectivity index (χ0) is 25.7. The van der Waals surface area contributed by atoms with E-state index in [0.29, 0.717) is 23.5 Å². The summed E-state index contributed by atoms with van der Waals surface area (Å²) in [5, 5.41) is 15.6. The van der Waals surface area contributed by atoms with Gasteiger partial charge in [0.05, 0.1) is 31.2 Å². The number of carbonyl (C=O) groups excluding carboxylic acids is 3. The average molecular weight is 494 g/mol. The van der Waals surface area contributed by atoms with Crippen molar-refractivity contribution in [3.05, 3.63) is 54.6 Å². The summed E-state index contributed by atoms with van der Waals surface area (Å²) in [6, 6.07) is 15.0. The molecule has 2 aromatic rings. The van der Waals surface area contributed by atoms with E-state index in [4.69, 9.17) is 9.47 Å². The minimum absolute atomic E-state index is 0.0285.